The number of anilines is 1. The van der Waals surface area contributed by atoms with Gasteiger partial charge in [-0.3, -0.25) is 4.99 Å². The number of ether oxygens (including phenoxy) is 1. The molecule has 0 bridgehead atoms. The van der Waals surface area contributed by atoms with Gasteiger partial charge in [0.1, 0.15) is 5.60 Å². The minimum Gasteiger partial charge on any atom is -0.444 e. The molecule has 1 aromatic heterocycles. The van der Waals surface area contributed by atoms with Crippen molar-refractivity contribution in [2.24, 2.45) is 10.9 Å². The van der Waals surface area contributed by atoms with Crippen molar-refractivity contribution in [2.75, 3.05) is 46.2 Å². The summed E-state index contributed by atoms with van der Waals surface area (Å²) in [5, 5.41) is 9.56. The van der Waals surface area contributed by atoms with Gasteiger partial charge in [-0.25, -0.2) is 9.78 Å². The van der Waals surface area contributed by atoms with E-state index in [4.69, 9.17) is 4.74 Å². The second kappa shape index (κ2) is 10.3. The van der Waals surface area contributed by atoms with E-state index in [9.17, 15) is 4.79 Å². The highest BCUT2D eigenvalue weighted by atomic mass is 32.1. The highest BCUT2D eigenvalue weighted by Gasteiger charge is 2.20. The Hall–Kier alpha value is -2.03. The highest BCUT2D eigenvalue weighted by Crippen LogP contribution is 2.17. The molecule has 1 atom stereocenters. The van der Waals surface area contributed by atoms with Crippen molar-refractivity contribution in [1.29, 1.82) is 0 Å². The minimum atomic E-state index is -0.485. The van der Waals surface area contributed by atoms with Crippen LogP contribution in [-0.2, 0) is 11.3 Å². The number of hydrogen-bond donors (Lipinski definition) is 2. The smallest absolute Gasteiger partial charge is 0.410 e. The number of aliphatic imine (C=N–C) groups is 1. The third kappa shape index (κ3) is 8.94. The van der Waals surface area contributed by atoms with E-state index >= 15 is 0 Å². The average molecular weight is 399 g/mol. The summed E-state index contributed by atoms with van der Waals surface area (Å²) in [5.41, 5.74) is 0.491. The van der Waals surface area contributed by atoms with Gasteiger partial charge in [0.25, 0.3) is 0 Å². The van der Waals surface area contributed by atoms with E-state index in [1.807, 2.05) is 45.1 Å². The largest absolute Gasteiger partial charge is 0.444 e. The summed E-state index contributed by atoms with van der Waals surface area (Å²) in [6, 6.07) is 0. The Morgan fingerprint density at radius 1 is 1.33 bits per heavy atom. The summed E-state index contributed by atoms with van der Waals surface area (Å²) in [6.45, 7) is 9.56. The van der Waals surface area contributed by atoms with Crippen LogP contribution in [0.1, 0.15) is 33.4 Å². The zero-order chi connectivity index (χ0) is 20.6. The molecule has 1 rings (SSSR count). The van der Waals surface area contributed by atoms with Gasteiger partial charge < -0.3 is 25.2 Å². The van der Waals surface area contributed by atoms with Crippen LogP contribution >= 0.6 is 11.3 Å². The second-order valence-corrected chi connectivity index (χ2v) is 8.63. The molecule has 0 radical (unpaired) electrons. The summed E-state index contributed by atoms with van der Waals surface area (Å²) in [7, 11) is 7.44. The van der Waals surface area contributed by atoms with Crippen LogP contribution in [0.5, 0.6) is 0 Å². The zero-order valence-corrected chi connectivity index (χ0v) is 18.6. The first-order chi connectivity index (χ1) is 12.5. The van der Waals surface area contributed by atoms with Crippen molar-refractivity contribution in [3.63, 3.8) is 0 Å². The fourth-order valence-corrected chi connectivity index (χ4v) is 2.95. The fraction of sp³-hybridized carbons (Fsp3) is 0.722. The Bertz CT molecular complexity index is 624. The van der Waals surface area contributed by atoms with E-state index in [0.717, 1.165) is 10.8 Å². The van der Waals surface area contributed by atoms with Gasteiger partial charge in [-0.15, -0.1) is 11.3 Å². The quantitative estimate of drug-likeness (QED) is 0.542. The summed E-state index contributed by atoms with van der Waals surface area (Å²) in [6.07, 6.45) is -0.308. The topological polar surface area (TPSA) is 82.1 Å². The lowest BCUT2D eigenvalue weighted by Crippen LogP contribution is -2.42. The molecule has 0 saturated heterocycles. The SMILES string of the molecule is CN=C(NCc1csc(N(C)C)n1)NCC(C)CN(C)C(=O)OC(C)(C)C. The predicted octanol–water partition coefficient (Wildman–Crippen LogP) is 2.38. The van der Waals surface area contributed by atoms with E-state index in [0.29, 0.717) is 25.6 Å². The summed E-state index contributed by atoms with van der Waals surface area (Å²) in [5.74, 6) is 0.946. The molecule has 154 valence electrons. The molecule has 0 aliphatic heterocycles. The molecular weight excluding hydrogens is 364 g/mol. The van der Waals surface area contributed by atoms with Crippen molar-refractivity contribution in [3.8, 4) is 0 Å². The third-order valence-electron chi connectivity index (χ3n) is 3.49. The van der Waals surface area contributed by atoms with Crippen LogP contribution < -0.4 is 15.5 Å². The first-order valence-corrected chi connectivity index (χ1v) is 9.90. The summed E-state index contributed by atoms with van der Waals surface area (Å²) >= 11 is 1.61. The van der Waals surface area contributed by atoms with Gasteiger partial charge in [-0.05, 0) is 26.7 Å². The van der Waals surface area contributed by atoms with Crippen LogP contribution in [0.4, 0.5) is 9.93 Å². The van der Waals surface area contributed by atoms with Crippen LogP contribution in [0.25, 0.3) is 0 Å². The molecule has 0 aliphatic rings. The monoisotopic (exact) mass is 398 g/mol. The molecule has 2 N–H and O–H groups in total. The maximum absolute atomic E-state index is 12.0. The molecule has 0 saturated carbocycles. The molecule has 9 heteroatoms. The number of carbonyl (C=O) groups is 1. The minimum absolute atomic E-state index is 0.237. The predicted molar refractivity (Wildman–Crippen MR) is 113 cm³/mol. The molecule has 1 heterocycles. The van der Waals surface area contributed by atoms with Gasteiger partial charge in [-0.1, -0.05) is 6.92 Å². The molecule has 0 aliphatic carbocycles. The van der Waals surface area contributed by atoms with Crippen LogP contribution in [0.2, 0.25) is 0 Å². The van der Waals surface area contributed by atoms with Gasteiger partial charge in [-0.2, -0.15) is 0 Å². The lowest BCUT2D eigenvalue weighted by Gasteiger charge is -2.26. The summed E-state index contributed by atoms with van der Waals surface area (Å²) < 4.78 is 5.37. The number of carbonyl (C=O) groups excluding carboxylic acids is 1. The second-order valence-electron chi connectivity index (χ2n) is 7.79. The van der Waals surface area contributed by atoms with Gasteiger partial charge in [0.2, 0.25) is 0 Å². The molecule has 0 aromatic carbocycles. The third-order valence-corrected chi connectivity index (χ3v) is 4.55. The maximum atomic E-state index is 12.0. The van der Waals surface area contributed by atoms with Crippen LogP contribution in [0.15, 0.2) is 10.4 Å². The van der Waals surface area contributed by atoms with Crippen LogP contribution in [0, 0.1) is 5.92 Å². The van der Waals surface area contributed by atoms with Crippen LogP contribution in [0.3, 0.4) is 0 Å². The number of guanidine groups is 1. The Kier molecular flexibility index (Phi) is 8.81. The lowest BCUT2D eigenvalue weighted by atomic mass is 10.1. The number of aromatic nitrogens is 1. The Morgan fingerprint density at radius 3 is 2.52 bits per heavy atom. The molecule has 1 unspecified atom stereocenters. The average Bonchev–Trinajstić information content (AvgIpc) is 3.02. The van der Waals surface area contributed by atoms with Crippen molar-refractivity contribution >= 4 is 28.5 Å². The molecule has 1 aromatic rings. The van der Waals surface area contributed by atoms with E-state index < -0.39 is 5.60 Å². The Morgan fingerprint density at radius 2 is 2.00 bits per heavy atom. The van der Waals surface area contributed by atoms with Crippen molar-refractivity contribution in [3.05, 3.63) is 11.1 Å². The first kappa shape index (κ1) is 23.0. The molecular formula is C18H34N6O2S. The normalized spacial score (nSPS) is 13.1. The molecule has 0 spiro atoms. The van der Waals surface area contributed by atoms with Crippen molar-refractivity contribution in [1.82, 2.24) is 20.5 Å². The van der Waals surface area contributed by atoms with E-state index in [1.54, 1.807) is 30.3 Å². The van der Waals surface area contributed by atoms with Gasteiger partial charge in [0, 0.05) is 46.7 Å². The van der Waals surface area contributed by atoms with Gasteiger partial charge >= 0.3 is 6.09 Å². The van der Waals surface area contributed by atoms with Crippen molar-refractivity contribution in [2.45, 2.75) is 39.8 Å². The lowest BCUT2D eigenvalue weighted by molar-refractivity contribution is 0.0278. The molecule has 0 fully saturated rings. The van der Waals surface area contributed by atoms with E-state index in [1.165, 1.54) is 0 Å². The molecule has 27 heavy (non-hydrogen) atoms. The van der Waals surface area contributed by atoms with E-state index in [-0.39, 0.29) is 12.0 Å². The Balaban J connectivity index is 2.39. The zero-order valence-electron chi connectivity index (χ0n) is 17.8. The number of amides is 1. The number of hydrogen-bond acceptors (Lipinski definition) is 6. The fourth-order valence-electron chi connectivity index (χ4n) is 2.20. The van der Waals surface area contributed by atoms with Crippen molar-refractivity contribution < 1.29 is 9.53 Å². The van der Waals surface area contributed by atoms with E-state index in [2.05, 4.69) is 27.5 Å². The number of nitrogens with zero attached hydrogens (tertiary/aromatic N) is 4. The highest BCUT2D eigenvalue weighted by molar-refractivity contribution is 7.13. The number of thiazole rings is 1. The van der Waals surface area contributed by atoms with Gasteiger partial charge in [0.15, 0.2) is 11.1 Å². The van der Waals surface area contributed by atoms with Gasteiger partial charge in [0.05, 0.1) is 12.2 Å². The number of rotatable bonds is 7. The first-order valence-electron chi connectivity index (χ1n) is 9.02. The maximum Gasteiger partial charge on any atom is 0.410 e. The molecule has 8 nitrogen and oxygen atoms in total. The number of nitrogens with one attached hydrogen (secondary N) is 2. The standard InChI is InChI=1S/C18H34N6O2S/c1-13(11-24(8)17(25)26-18(2,3)4)9-20-15(19-5)21-10-14-12-27-16(22-14)23(6)7/h12-13H,9-11H2,1-8H3,(H2,19,20,21). The molecule has 1 amide bonds. The summed E-state index contributed by atoms with van der Waals surface area (Å²) in [4.78, 5) is 24.4. The Labute approximate surface area is 167 Å². The van der Waals surface area contributed by atoms with Crippen LogP contribution in [-0.4, -0.2) is 68.8 Å².